The van der Waals surface area contributed by atoms with E-state index in [1.165, 1.54) is 23.0 Å². The molecule has 0 unspecified atom stereocenters. The van der Waals surface area contributed by atoms with Gasteiger partial charge in [0.2, 0.25) is 11.6 Å². The van der Waals surface area contributed by atoms with Crippen molar-refractivity contribution in [2.75, 3.05) is 5.73 Å². The second-order valence-corrected chi connectivity index (χ2v) is 6.18. The number of nitrogens with two attached hydrogens (primary N) is 1. The second-order valence-electron chi connectivity index (χ2n) is 6.18. The van der Waals surface area contributed by atoms with Crippen molar-refractivity contribution in [3.63, 3.8) is 0 Å². The number of nitrogens with zero attached hydrogens (tertiary/aromatic N) is 6. The molecule has 29 heavy (non-hydrogen) atoms. The number of amides is 1. The Labute approximate surface area is 161 Å². The van der Waals surface area contributed by atoms with E-state index in [2.05, 4.69) is 35.8 Å². The number of carbonyl (C=O) groups is 1. The maximum atomic E-state index is 12.6. The number of halogens is 3. The first-order valence-corrected chi connectivity index (χ1v) is 8.23. The van der Waals surface area contributed by atoms with Crippen LogP contribution in [-0.4, -0.2) is 37.4 Å². The summed E-state index contributed by atoms with van der Waals surface area (Å²) >= 11 is 0. The summed E-state index contributed by atoms with van der Waals surface area (Å²) in [6.07, 6.45) is -3.22. The third kappa shape index (κ3) is 4.23. The minimum Gasteiger partial charge on any atom is -0.378 e. The Balaban J connectivity index is 1.77. The molecule has 152 valence electrons. The van der Waals surface area contributed by atoms with Gasteiger partial charge in [-0.05, 0) is 33.9 Å². The smallest absolute Gasteiger partial charge is 0.378 e. The van der Waals surface area contributed by atoms with Crippen molar-refractivity contribution in [3.8, 4) is 5.82 Å². The molecule has 2 heterocycles. The number of hydrazone groups is 1. The maximum absolute atomic E-state index is 12.6. The van der Waals surface area contributed by atoms with E-state index in [0.717, 1.165) is 12.1 Å². The van der Waals surface area contributed by atoms with Crippen molar-refractivity contribution < 1.29 is 22.6 Å². The first-order valence-electron chi connectivity index (χ1n) is 8.23. The predicted octanol–water partition coefficient (Wildman–Crippen LogP) is 2.14. The van der Waals surface area contributed by atoms with E-state index >= 15 is 0 Å². The van der Waals surface area contributed by atoms with Crippen LogP contribution in [0.3, 0.4) is 0 Å². The number of rotatable bonds is 5. The molecule has 0 atom stereocenters. The molecule has 3 N–H and O–H groups in total. The van der Waals surface area contributed by atoms with Crippen LogP contribution in [0.15, 0.2) is 34.0 Å². The molecule has 10 nitrogen and oxygen atoms in total. The highest BCUT2D eigenvalue weighted by molar-refractivity contribution is 5.94. The minimum atomic E-state index is -4.42. The fraction of sp³-hybridized carbons (Fsp3) is 0.250. The first kappa shape index (κ1) is 20.0. The molecule has 0 aliphatic heterocycles. The topological polar surface area (TPSA) is 137 Å². The van der Waals surface area contributed by atoms with Crippen LogP contribution in [0.25, 0.3) is 5.82 Å². The number of hydrogen-bond donors (Lipinski definition) is 2. The Morgan fingerprint density at radius 3 is 2.52 bits per heavy atom. The molecule has 13 heteroatoms. The Morgan fingerprint density at radius 2 is 1.97 bits per heavy atom. The van der Waals surface area contributed by atoms with Crippen LogP contribution >= 0.6 is 0 Å². The van der Waals surface area contributed by atoms with Gasteiger partial charge in [0.15, 0.2) is 5.69 Å². The Hall–Kier alpha value is -3.77. The lowest BCUT2D eigenvalue weighted by Crippen LogP contribution is -2.21. The number of aromatic nitrogens is 5. The Morgan fingerprint density at radius 1 is 1.28 bits per heavy atom. The highest BCUT2D eigenvalue weighted by Gasteiger charge is 2.30. The largest absolute Gasteiger partial charge is 0.416 e. The van der Waals surface area contributed by atoms with Crippen LogP contribution in [0.2, 0.25) is 0 Å². The van der Waals surface area contributed by atoms with Gasteiger partial charge < -0.3 is 5.73 Å². The SMILES string of the molecule is CC(C)c1c(C(=O)NN=Cc2ccc(C(F)(F)F)cc2)nnn1-c1nonc1N. The van der Waals surface area contributed by atoms with E-state index in [1.54, 1.807) is 13.8 Å². The van der Waals surface area contributed by atoms with Crippen molar-refractivity contribution in [2.45, 2.75) is 25.9 Å². The van der Waals surface area contributed by atoms with E-state index < -0.39 is 17.6 Å². The zero-order chi connectivity index (χ0) is 21.2. The third-order valence-corrected chi connectivity index (χ3v) is 3.78. The molecule has 3 rings (SSSR count). The molecular formula is C16H15F3N8O2. The van der Waals surface area contributed by atoms with Crippen molar-refractivity contribution in [2.24, 2.45) is 5.10 Å². The molecule has 0 spiro atoms. The highest BCUT2D eigenvalue weighted by Crippen LogP contribution is 2.29. The number of anilines is 1. The lowest BCUT2D eigenvalue weighted by molar-refractivity contribution is -0.137. The number of benzene rings is 1. The fourth-order valence-electron chi connectivity index (χ4n) is 2.44. The van der Waals surface area contributed by atoms with Crippen LogP contribution < -0.4 is 11.2 Å². The maximum Gasteiger partial charge on any atom is 0.416 e. The highest BCUT2D eigenvalue weighted by atomic mass is 19.4. The molecule has 2 aromatic heterocycles. The van der Waals surface area contributed by atoms with Gasteiger partial charge in [0, 0.05) is 0 Å². The Bertz CT molecular complexity index is 1040. The van der Waals surface area contributed by atoms with Gasteiger partial charge >= 0.3 is 6.18 Å². The van der Waals surface area contributed by atoms with E-state index in [4.69, 9.17) is 5.73 Å². The van der Waals surface area contributed by atoms with Crippen molar-refractivity contribution >= 4 is 17.9 Å². The summed E-state index contributed by atoms with van der Waals surface area (Å²) in [7, 11) is 0. The lowest BCUT2D eigenvalue weighted by Gasteiger charge is -2.08. The number of alkyl halides is 3. The van der Waals surface area contributed by atoms with Gasteiger partial charge in [0.1, 0.15) is 0 Å². The number of carbonyl (C=O) groups excluding carboxylic acids is 1. The van der Waals surface area contributed by atoms with Crippen LogP contribution in [0.1, 0.15) is 47.1 Å². The second kappa shape index (κ2) is 7.69. The predicted molar refractivity (Wildman–Crippen MR) is 94.2 cm³/mol. The lowest BCUT2D eigenvalue weighted by atomic mass is 10.1. The third-order valence-electron chi connectivity index (χ3n) is 3.78. The monoisotopic (exact) mass is 408 g/mol. The van der Waals surface area contributed by atoms with Gasteiger partial charge in [0.05, 0.1) is 17.5 Å². The summed E-state index contributed by atoms with van der Waals surface area (Å²) in [5.41, 5.74) is 7.89. The van der Waals surface area contributed by atoms with Gasteiger partial charge in [-0.2, -0.15) is 23.0 Å². The summed E-state index contributed by atoms with van der Waals surface area (Å²) in [6.45, 7) is 3.61. The van der Waals surface area contributed by atoms with Crippen LogP contribution in [0, 0.1) is 0 Å². The van der Waals surface area contributed by atoms with Crippen LogP contribution in [-0.2, 0) is 6.18 Å². The molecule has 0 bridgehead atoms. The van der Waals surface area contributed by atoms with E-state index in [1.807, 2.05) is 0 Å². The standard InChI is InChI=1S/C16H15F3N8O2/c1-8(2)12-11(22-26-27(12)14-13(20)24-29-25-14)15(28)23-21-7-9-3-5-10(6-4-9)16(17,18)19/h3-8H,1-2H3,(H2,20,24)(H,23,28). The molecule has 3 aromatic rings. The first-order chi connectivity index (χ1) is 13.7. The van der Waals surface area contributed by atoms with Crippen molar-refractivity contribution in [1.29, 1.82) is 0 Å². The van der Waals surface area contributed by atoms with Crippen LogP contribution in [0.4, 0.5) is 19.0 Å². The molecule has 0 aliphatic carbocycles. The van der Waals surface area contributed by atoms with E-state index in [0.29, 0.717) is 11.3 Å². The quantitative estimate of drug-likeness (QED) is 0.487. The summed E-state index contributed by atoms with van der Waals surface area (Å²) in [5.74, 6) is -0.795. The fourth-order valence-corrected chi connectivity index (χ4v) is 2.44. The molecular weight excluding hydrogens is 393 g/mol. The molecule has 1 amide bonds. The normalized spacial score (nSPS) is 12.1. The molecule has 0 radical (unpaired) electrons. The number of hydrogen-bond acceptors (Lipinski definition) is 8. The number of nitrogens with one attached hydrogen (secondary N) is 1. The summed E-state index contributed by atoms with van der Waals surface area (Å²) in [4.78, 5) is 12.4. The van der Waals surface area contributed by atoms with Crippen molar-refractivity contribution in [1.82, 2.24) is 30.7 Å². The summed E-state index contributed by atoms with van der Waals surface area (Å²) < 4.78 is 43.5. The molecule has 0 fully saturated rings. The van der Waals surface area contributed by atoms with Crippen LogP contribution in [0.5, 0.6) is 0 Å². The Kier molecular flexibility index (Phi) is 5.30. The average Bonchev–Trinajstić information content (AvgIpc) is 3.27. The van der Waals surface area contributed by atoms with Gasteiger partial charge in [-0.25, -0.2) is 10.1 Å². The zero-order valence-corrected chi connectivity index (χ0v) is 15.2. The summed E-state index contributed by atoms with van der Waals surface area (Å²) in [5, 5.41) is 18.5. The van der Waals surface area contributed by atoms with E-state index in [-0.39, 0.29) is 23.2 Å². The molecule has 1 aromatic carbocycles. The van der Waals surface area contributed by atoms with Gasteiger partial charge in [0.25, 0.3) is 5.91 Å². The molecule has 0 saturated carbocycles. The molecule has 0 saturated heterocycles. The van der Waals surface area contributed by atoms with E-state index in [9.17, 15) is 18.0 Å². The summed E-state index contributed by atoms with van der Waals surface area (Å²) in [6, 6.07) is 4.30. The zero-order valence-electron chi connectivity index (χ0n) is 15.2. The van der Waals surface area contributed by atoms with Crippen molar-refractivity contribution in [3.05, 3.63) is 46.8 Å². The average molecular weight is 408 g/mol. The minimum absolute atomic E-state index is 0.0213. The number of nitrogen functional groups attached to an aromatic ring is 1. The molecule has 0 aliphatic rings. The van der Waals surface area contributed by atoms with Gasteiger partial charge in [-0.3, -0.25) is 4.79 Å². The van der Waals surface area contributed by atoms with Gasteiger partial charge in [-0.1, -0.05) is 31.2 Å². The van der Waals surface area contributed by atoms with Gasteiger partial charge in [-0.15, -0.1) is 5.10 Å².